The largest absolute Gasteiger partial charge is 0.356 e. The highest BCUT2D eigenvalue weighted by molar-refractivity contribution is 7.26. The first kappa shape index (κ1) is 22.5. The maximum absolute atomic E-state index is 3.57. The standard InChI is InChI=1S/C36H23NS2/c1-3-10-33-29(6-1)31-21-16-25(22-35(31)38-33)23-12-17-26(18-13-23)37-27-19-14-24(15-20-27)28-8-5-9-32-30-7-2-4-11-34(30)39-36(28)32/h1-22,37H. The van der Waals surface area contributed by atoms with Crippen molar-refractivity contribution < 1.29 is 0 Å². The minimum Gasteiger partial charge on any atom is -0.356 e. The second-order valence-corrected chi connectivity index (χ2v) is 12.0. The van der Waals surface area contributed by atoms with Gasteiger partial charge in [0.05, 0.1) is 0 Å². The zero-order valence-corrected chi connectivity index (χ0v) is 22.7. The van der Waals surface area contributed by atoms with Crippen molar-refractivity contribution in [3.05, 3.63) is 133 Å². The number of rotatable bonds is 4. The van der Waals surface area contributed by atoms with Gasteiger partial charge in [-0.3, -0.25) is 0 Å². The van der Waals surface area contributed by atoms with Crippen molar-refractivity contribution in [2.24, 2.45) is 0 Å². The average Bonchev–Trinajstić information content (AvgIpc) is 3.56. The van der Waals surface area contributed by atoms with Gasteiger partial charge < -0.3 is 5.32 Å². The summed E-state index contributed by atoms with van der Waals surface area (Å²) >= 11 is 3.74. The third-order valence-electron chi connectivity index (χ3n) is 7.49. The van der Waals surface area contributed by atoms with Gasteiger partial charge in [-0.05, 0) is 64.7 Å². The monoisotopic (exact) mass is 533 g/mol. The van der Waals surface area contributed by atoms with Crippen LogP contribution in [0.2, 0.25) is 0 Å². The van der Waals surface area contributed by atoms with Crippen molar-refractivity contribution in [3.63, 3.8) is 0 Å². The molecule has 8 aromatic rings. The van der Waals surface area contributed by atoms with Gasteiger partial charge >= 0.3 is 0 Å². The summed E-state index contributed by atoms with van der Waals surface area (Å²) in [7, 11) is 0. The van der Waals surface area contributed by atoms with Crippen molar-refractivity contribution in [1.82, 2.24) is 0 Å². The molecule has 3 heteroatoms. The summed E-state index contributed by atoms with van der Waals surface area (Å²) in [6.07, 6.45) is 0. The maximum atomic E-state index is 3.57. The zero-order chi connectivity index (χ0) is 25.8. The summed E-state index contributed by atoms with van der Waals surface area (Å²) in [5, 5.41) is 8.93. The normalized spacial score (nSPS) is 11.6. The van der Waals surface area contributed by atoms with E-state index >= 15 is 0 Å². The molecule has 39 heavy (non-hydrogen) atoms. The van der Waals surface area contributed by atoms with E-state index in [4.69, 9.17) is 0 Å². The number of anilines is 2. The third kappa shape index (κ3) is 3.90. The molecule has 0 atom stereocenters. The topological polar surface area (TPSA) is 12.0 Å². The highest BCUT2D eigenvalue weighted by Crippen LogP contribution is 2.40. The lowest BCUT2D eigenvalue weighted by atomic mass is 10.0. The van der Waals surface area contributed by atoms with E-state index in [2.05, 4.69) is 139 Å². The molecule has 0 fully saturated rings. The minimum absolute atomic E-state index is 1.08. The number of fused-ring (bicyclic) bond motifs is 6. The van der Waals surface area contributed by atoms with Crippen LogP contribution in [0, 0.1) is 0 Å². The van der Waals surface area contributed by atoms with Crippen molar-refractivity contribution in [2.45, 2.75) is 0 Å². The summed E-state index contributed by atoms with van der Waals surface area (Å²) in [5.41, 5.74) is 7.18. The van der Waals surface area contributed by atoms with Crippen LogP contribution in [0.15, 0.2) is 133 Å². The summed E-state index contributed by atoms with van der Waals surface area (Å²) in [6.45, 7) is 0. The Bertz CT molecular complexity index is 2130. The molecule has 184 valence electrons. The van der Waals surface area contributed by atoms with E-state index in [9.17, 15) is 0 Å². The molecule has 0 aliphatic rings. The number of hydrogen-bond donors (Lipinski definition) is 1. The third-order valence-corrected chi connectivity index (χ3v) is 9.84. The molecule has 0 aliphatic carbocycles. The van der Waals surface area contributed by atoms with Crippen molar-refractivity contribution >= 4 is 74.4 Å². The number of hydrogen-bond acceptors (Lipinski definition) is 3. The minimum atomic E-state index is 1.08. The first-order chi connectivity index (χ1) is 19.3. The van der Waals surface area contributed by atoms with Gasteiger partial charge in [-0.15, -0.1) is 22.7 Å². The van der Waals surface area contributed by atoms with Crippen LogP contribution in [0.3, 0.4) is 0 Å². The number of benzene rings is 6. The quantitative estimate of drug-likeness (QED) is 0.237. The molecule has 0 aliphatic heterocycles. The van der Waals surface area contributed by atoms with Gasteiger partial charge in [0, 0.05) is 51.7 Å². The maximum Gasteiger partial charge on any atom is 0.0433 e. The molecule has 2 aromatic heterocycles. The lowest BCUT2D eigenvalue weighted by Gasteiger charge is -2.10. The second-order valence-electron chi connectivity index (χ2n) is 9.87. The molecule has 1 N–H and O–H groups in total. The van der Waals surface area contributed by atoms with Gasteiger partial charge in [-0.1, -0.05) is 91.0 Å². The Kier molecular flexibility index (Phi) is 5.25. The molecule has 0 saturated heterocycles. The first-order valence-corrected chi connectivity index (χ1v) is 14.7. The Balaban J connectivity index is 1.05. The Morgan fingerprint density at radius 3 is 1.69 bits per heavy atom. The Labute approximate surface area is 234 Å². The molecule has 0 amide bonds. The van der Waals surface area contributed by atoms with Gasteiger partial charge in [0.15, 0.2) is 0 Å². The number of thiophene rings is 2. The molecule has 0 spiro atoms. The molecule has 1 nitrogen and oxygen atoms in total. The Morgan fingerprint density at radius 2 is 0.949 bits per heavy atom. The smallest absolute Gasteiger partial charge is 0.0433 e. The predicted octanol–water partition coefficient (Wildman–Crippen LogP) is 11.5. The molecular formula is C36H23NS2. The average molecular weight is 534 g/mol. The molecule has 6 aromatic carbocycles. The summed E-state index contributed by atoms with van der Waals surface area (Å²) in [4.78, 5) is 0. The number of nitrogens with one attached hydrogen (secondary N) is 1. The zero-order valence-electron chi connectivity index (χ0n) is 21.0. The van der Waals surface area contributed by atoms with Gasteiger partial charge in [-0.2, -0.15) is 0 Å². The van der Waals surface area contributed by atoms with E-state index in [0.717, 1.165) is 11.4 Å². The molecule has 8 rings (SSSR count). The fraction of sp³-hybridized carbons (Fsp3) is 0. The second kappa shape index (κ2) is 9.09. The van der Waals surface area contributed by atoms with Gasteiger partial charge in [0.25, 0.3) is 0 Å². The van der Waals surface area contributed by atoms with Crippen LogP contribution in [0.1, 0.15) is 0 Å². The van der Waals surface area contributed by atoms with E-state index in [-0.39, 0.29) is 0 Å². The van der Waals surface area contributed by atoms with E-state index in [1.54, 1.807) is 0 Å². The van der Waals surface area contributed by atoms with Crippen LogP contribution >= 0.6 is 22.7 Å². The molecule has 0 unspecified atom stereocenters. The Morgan fingerprint density at radius 1 is 0.385 bits per heavy atom. The Hall–Kier alpha value is -4.44. The van der Waals surface area contributed by atoms with Crippen molar-refractivity contribution in [2.75, 3.05) is 5.32 Å². The van der Waals surface area contributed by atoms with Crippen LogP contribution < -0.4 is 5.32 Å². The summed E-state index contributed by atoms with van der Waals surface area (Å²) in [6, 6.07) is 48.3. The van der Waals surface area contributed by atoms with Gasteiger partial charge in [0.1, 0.15) is 0 Å². The molecule has 0 radical (unpaired) electrons. The van der Waals surface area contributed by atoms with Gasteiger partial charge in [-0.25, -0.2) is 0 Å². The molecule has 0 saturated carbocycles. The summed E-state index contributed by atoms with van der Waals surface area (Å²) < 4.78 is 5.37. The lowest BCUT2D eigenvalue weighted by Crippen LogP contribution is -1.90. The van der Waals surface area contributed by atoms with E-state index in [0.29, 0.717) is 0 Å². The summed E-state index contributed by atoms with van der Waals surface area (Å²) in [5.74, 6) is 0. The molecule has 0 bridgehead atoms. The van der Waals surface area contributed by atoms with E-state index in [1.807, 2.05) is 22.7 Å². The van der Waals surface area contributed by atoms with Crippen LogP contribution in [-0.4, -0.2) is 0 Å². The highest BCUT2D eigenvalue weighted by atomic mass is 32.1. The highest BCUT2D eigenvalue weighted by Gasteiger charge is 2.10. The molecule has 2 heterocycles. The lowest BCUT2D eigenvalue weighted by molar-refractivity contribution is 1.54. The predicted molar refractivity (Wildman–Crippen MR) is 173 cm³/mol. The fourth-order valence-electron chi connectivity index (χ4n) is 5.53. The van der Waals surface area contributed by atoms with E-state index in [1.165, 1.54) is 62.6 Å². The fourth-order valence-corrected chi connectivity index (χ4v) is 7.91. The first-order valence-electron chi connectivity index (χ1n) is 13.1. The molecular weight excluding hydrogens is 511 g/mol. The van der Waals surface area contributed by atoms with Crippen molar-refractivity contribution in [1.29, 1.82) is 0 Å². The van der Waals surface area contributed by atoms with E-state index < -0.39 is 0 Å². The van der Waals surface area contributed by atoms with Gasteiger partial charge in [0.2, 0.25) is 0 Å². The van der Waals surface area contributed by atoms with Crippen LogP contribution in [0.4, 0.5) is 11.4 Å². The van der Waals surface area contributed by atoms with Crippen LogP contribution in [-0.2, 0) is 0 Å². The van der Waals surface area contributed by atoms with Crippen LogP contribution in [0.25, 0.3) is 62.6 Å². The van der Waals surface area contributed by atoms with Crippen molar-refractivity contribution in [3.8, 4) is 22.3 Å². The van der Waals surface area contributed by atoms with Crippen LogP contribution in [0.5, 0.6) is 0 Å². The SMILES string of the molecule is c1ccc2c(c1)sc1cc(-c3ccc(Nc4ccc(-c5cccc6c5sc5ccccc56)cc4)cc3)ccc12.